The van der Waals surface area contributed by atoms with E-state index in [2.05, 4.69) is 0 Å². The van der Waals surface area contributed by atoms with Crippen LogP contribution in [0.2, 0.25) is 5.02 Å². The molecule has 0 spiro atoms. The predicted octanol–water partition coefficient (Wildman–Crippen LogP) is 1.32. The van der Waals surface area contributed by atoms with Gasteiger partial charge in [-0.15, -0.1) is 0 Å². The summed E-state index contributed by atoms with van der Waals surface area (Å²) < 4.78 is 26.0. The second kappa shape index (κ2) is 5.36. The quantitative estimate of drug-likeness (QED) is 0.894. The molecule has 1 aromatic rings. The maximum Gasteiger partial charge on any atom is 0.407 e. The maximum atomic E-state index is 12.4. The number of amides is 1. The highest BCUT2D eigenvalue weighted by Gasteiger charge is 2.31. The van der Waals surface area contributed by atoms with Gasteiger partial charge >= 0.3 is 6.09 Å². The van der Waals surface area contributed by atoms with E-state index in [1.54, 1.807) is 12.1 Å². The van der Waals surface area contributed by atoms with Gasteiger partial charge in [0.15, 0.2) is 0 Å². The fourth-order valence-electron chi connectivity index (χ4n) is 1.91. The molecule has 1 saturated heterocycles. The summed E-state index contributed by atoms with van der Waals surface area (Å²) in [6.07, 6.45) is -1.03. The van der Waals surface area contributed by atoms with Gasteiger partial charge in [-0.05, 0) is 12.1 Å². The van der Waals surface area contributed by atoms with Crippen molar-refractivity contribution in [2.24, 2.45) is 0 Å². The lowest BCUT2D eigenvalue weighted by Gasteiger charge is -2.32. The van der Waals surface area contributed by atoms with E-state index in [9.17, 15) is 13.2 Å². The molecule has 8 heteroatoms. The molecule has 0 saturated carbocycles. The lowest BCUT2D eigenvalue weighted by atomic mass is 10.4. The highest BCUT2D eigenvalue weighted by molar-refractivity contribution is 7.89. The Balaban J connectivity index is 2.19. The van der Waals surface area contributed by atoms with E-state index in [-0.39, 0.29) is 36.1 Å². The molecule has 104 valence electrons. The van der Waals surface area contributed by atoms with Crippen molar-refractivity contribution in [1.29, 1.82) is 0 Å². The lowest BCUT2D eigenvalue weighted by Crippen LogP contribution is -2.50. The van der Waals surface area contributed by atoms with Crippen molar-refractivity contribution in [2.45, 2.75) is 4.90 Å². The SMILES string of the molecule is O=C(O)N1CCN(S(=O)(=O)c2ccccc2Cl)CC1. The molecule has 1 aromatic carbocycles. The molecule has 1 fully saturated rings. The topological polar surface area (TPSA) is 77.9 Å². The van der Waals surface area contributed by atoms with Gasteiger partial charge in [-0.25, -0.2) is 13.2 Å². The smallest absolute Gasteiger partial charge is 0.407 e. The first kappa shape index (κ1) is 14.1. The second-order valence-electron chi connectivity index (χ2n) is 4.10. The number of hydrogen-bond donors (Lipinski definition) is 1. The zero-order valence-corrected chi connectivity index (χ0v) is 11.6. The largest absolute Gasteiger partial charge is 0.465 e. The van der Waals surface area contributed by atoms with Gasteiger partial charge in [0, 0.05) is 26.2 Å². The Labute approximate surface area is 116 Å². The minimum atomic E-state index is -3.66. The summed E-state index contributed by atoms with van der Waals surface area (Å²) in [5.41, 5.74) is 0. The molecule has 0 atom stereocenters. The summed E-state index contributed by atoms with van der Waals surface area (Å²) in [5, 5.41) is 8.99. The molecule has 0 aliphatic carbocycles. The van der Waals surface area contributed by atoms with Crippen molar-refractivity contribution >= 4 is 27.7 Å². The van der Waals surface area contributed by atoms with Crippen LogP contribution in [-0.4, -0.2) is 55.0 Å². The number of rotatable bonds is 2. The summed E-state index contributed by atoms with van der Waals surface area (Å²) in [7, 11) is -3.66. The van der Waals surface area contributed by atoms with Crippen molar-refractivity contribution in [3.8, 4) is 0 Å². The molecule has 19 heavy (non-hydrogen) atoms. The minimum Gasteiger partial charge on any atom is -0.465 e. The van der Waals surface area contributed by atoms with E-state index >= 15 is 0 Å². The van der Waals surface area contributed by atoms with Gasteiger partial charge in [-0.3, -0.25) is 0 Å². The van der Waals surface area contributed by atoms with Gasteiger partial charge in [0.2, 0.25) is 10.0 Å². The van der Waals surface area contributed by atoms with Gasteiger partial charge in [0.25, 0.3) is 0 Å². The first-order chi connectivity index (χ1) is 8.93. The third-order valence-electron chi connectivity index (χ3n) is 2.96. The van der Waals surface area contributed by atoms with Gasteiger partial charge in [-0.1, -0.05) is 23.7 Å². The summed E-state index contributed by atoms with van der Waals surface area (Å²) in [4.78, 5) is 12.0. The Kier molecular flexibility index (Phi) is 3.98. The molecular formula is C11H13ClN2O4S. The van der Waals surface area contributed by atoms with Crippen molar-refractivity contribution in [2.75, 3.05) is 26.2 Å². The summed E-state index contributed by atoms with van der Waals surface area (Å²) in [6.45, 7) is 0.609. The minimum absolute atomic E-state index is 0.0560. The molecule has 6 nitrogen and oxygen atoms in total. The first-order valence-corrected chi connectivity index (χ1v) is 7.47. The van der Waals surface area contributed by atoms with E-state index in [1.165, 1.54) is 21.3 Å². The molecule has 2 rings (SSSR count). The predicted molar refractivity (Wildman–Crippen MR) is 69.8 cm³/mol. The summed E-state index contributed by atoms with van der Waals surface area (Å²) >= 11 is 5.90. The number of nitrogens with zero attached hydrogens (tertiary/aromatic N) is 2. The van der Waals surface area contributed by atoms with Crippen LogP contribution in [0, 0.1) is 0 Å². The van der Waals surface area contributed by atoms with Crippen LogP contribution in [0.15, 0.2) is 29.2 Å². The molecule has 0 radical (unpaired) electrons. The van der Waals surface area contributed by atoms with Crippen LogP contribution in [0.4, 0.5) is 4.79 Å². The molecule has 0 bridgehead atoms. The van der Waals surface area contributed by atoms with Gasteiger partial charge in [0.1, 0.15) is 4.90 Å². The fraction of sp³-hybridized carbons (Fsp3) is 0.364. The van der Waals surface area contributed by atoms with Crippen LogP contribution < -0.4 is 0 Å². The van der Waals surface area contributed by atoms with Crippen molar-refractivity contribution < 1.29 is 18.3 Å². The fourth-order valence-corrected chi connectivity index (χ4v) is 3.83. The van der Waals surface area contributed by atoms with Gasteiger partial charge in [-0.2, -0.15) is 4.31 Å². The van der Waals surface area contributed by atoms with Crippen molar-refractivity contribution in [3.05, 3.63) is 29.3 Å². The van der Waals surface area contributed by atoms with Crippen LogP contribution >= 0.6 is 11.6 Å². The number of hydrogen-bond acceptors (Lipinski definition) is 3. The number of benzene rings is 1. The zero-order chi connectivity index (χ0) is 14.0. The van der Waals surface area contributed by atoms with Crippen molar-refractivity contribution in [3.63, 3.8) is 0 Å². The molecule has 1 aliphatic rings. The standard InChI is InChI=1S/C11H13ClN2O4S/c12-9-3-1-2-4-10(9)19(17,18)14-7-5-13(6-8-14)11(15)16/h1-4H,5-8H2,(H,15,16). The molecule has 1 heterocycles. The Morgan fingerprint density at radius 3 is 2.26 bits per heavy atom. The number of carbonyl (C=O) groups is 1. The highest BCUT2D eigenvalue weighted by atomic mass is 35.5. The number of halogens is 1. The number of carboxylic acid groups (broad SMARTS) is 1. The summed E-state index contributed by atoms with van der Waals surface area (Å²) in [5.74, 6) is 0. The Morgan fingerprint density at radius 1 is 1.16 bits per heavy atom. The average molecular weight is 305 g/mol. The van der Waals surface area contributed by atoms with E-state index in [1.807, 2.05) is 0 Å². The molecular weight excluding hydrogens is 292 g/mol. The normalized spacial score (nSPS) is 17.4. The zero-order valence-electron chi connectivity index (χ0n) is 9.99. The maximum absolute atomic E-state index is 12.4. The molecule has 1 amide bonds. The monoisotopic (exact) mass is 304 g/mol. The first-order valence-electron chi connectivity index (χ1n) is 5.65. The van der Waals surface area contributed by atoms with Crippen LogP contribution in [0.25, 0.3) is 0 Å². The molecule has 0 unspecified atom stereocenters. The second-order valence-corrected chi connectivity index (χ2v) is 6.42. The number of piperazine rings is 1. The van der Waals surface area contributed by atoms with E-state index < -0.39 is 16.1 Å². The summed E-state index contributed by atoms with van der Waals surface area (Å²) in [6, 6.07) is 6.22. The van der Waals surface area contributed by atoms with Crippen LogP contribution in [0.3, 0.4) is 0 Å². The molecule has 1 N–H and O–H groups in total. The van der Waals surface area contributed by atoms with Gasteiger partial charge in [0.05, 0.1) is 5.02 Å². The van der Waals surface area contributed by atoms with Crippen molar-refractivity contribution in [1.82, 2.24) is 9.21 Å². The van der Waals surface area contributed by atoms with E-state index in [0.29, 0.717) is 0 Å². The third-order valence-corrected chi connectivity index (χ3v) is 5.36. The van der Waals surface area contributed by atoms with E-state index in [0.717, 1.165) is 0 Å². The Bertz CT molecular complexity index is 582. The van der Waals surface area contributed by atoms with Crippen LogP contribution in [0.1, 0.15) is 0 Å². The molecule has 1 aliphatic heterocycles. The average Bonchev–Trinajstić information content (AvgIpc) is 2.39. The number of sulfonamides is 1. The highest BCUT2D eigenvalue weighted by Crippen LogP contribution is 2.24. The van der Waals surface area contributed by atoms with E-state index in [4.69, 9.17) is 16.7 Å². The lowest BCUT2D eigenvalue weighted by molar-refractivity contribution is 0.126. The van der Waals surface area contributed by atoms with Gasteiger partial charge < -0.3 is 10.0 Å². The molecule has 0 aromatic heterocycles. The third kappa shape index (κ3) is 2.83. The van der Waals surface area contributed by atoms with Crippen LogP contribution in [0.5, 0.6) is 0 Å². The Hall–Kier alpha value is -1.31. The van der Waals surface area contributed by atoms with Crippen LogP contribution in [-0.2, 0) is 10.0 Å². The Morgan fingerprint density at radius 2 is 1.74 bits per heavy atom.